The highest BCUT2D eigenvalue weighted by molar-refractivity contribution is 7.87. The van der Waals surface area contributed by atoms with Gasteiger partial charge in [-0.05, 0) is 69.2 Å². The van der Waals surface area contributed by atoms with Crippen molar-refractivity contribution >= 4 is 27.8 Å². The molecule has 0 saturated carbocycles. The van der Waals surface area contributed by atoms with Crippen LogP contribution >= 0.6 is 11.6 Å². The van der Waals surface area contributed by atoms with Gasteiger partial charge in [0.15, 0.2) is 0 Å². The van der Waals surface area contributed by atoms with E-state index in [1.807, 2.05) is 13.8 Å². The molecule has 0 spiro atoms. The van der Waals surface area contributed by atoms with Gasteiger partial charge in [0.25, 0.3) is 0 Å². The van der Waals surface area contributed by atoms with Crippen LogP contribution in [-0.4, -0.2) is 44.6 Å². The third-order valence-electron chi connectivity index (χ3n) is 4.83. The van der Waals surface area contributed by atoms with Crippen LogP contribution < -0.4 is 9.50 Å². The van der Waals surface area contributed by atoms with E-state index in [1.54, 1.807) is 11.0 Å². The second kappa shape index (κ2) is 10.5. The molecule has 1 saturated heterocycles. The molecule has 1 heterocycles. The summed E-state index contributed by atoms with van der Waals surface area (Å²) in [4.78, 5) is 14.2. The largest absolute Gasteiger partial charge is 0.379 e. The van der Waals surface area contributed by atoms with Gasteiger partial charge in [0.1, 0.15) is 16.5 Å². The number of carbonyl (C=O) groups excluding carboxylic acids is 1. The molecular formula is C22H26ClFN2O5S. The van der Waals surface area contributed by atoms with Crippen LogP contribution in [0.5, 0.6) is 5.75 Å². The zero-order chi connectivity index (χ0) is 23.3. The van der Waals surface area contributed by atoms with E-state index < -0.39 is 15.9 Å². The number of carbonyl (C=O) groups is 1. The highest BCUT2D eigenvalue weighted by Gasteiger charge is 2.25. The van der Waals surface area contributed by atoms with Crippen molar-refractivity contribution in [1.82, 2.24) is 10.2 Å². The molecule has 3 rings (SSSR count). The monoisotopic (exact) mass is 484 g/mol. The Hall–Kier alpha value is -2.36. The van der Waals surface area contributed by atoms with Crippen molar-refractivity contribution in [3.05, 3.63) is 58.9 Å². The van der Waals surface area contributed by atoms with Crippen LogP contribution in [0.25, 0.3) is 0 Å². The van der Waals surface area contributed by atoms with Gasteiger partial charge in [-0.3, -0.25) is 0 Å². The fraction of sp³-hybridized carbons (Fsp3) is 0.409. The molecule has 10 heteroatoms. The van der Waals surface area contributed by atoms with Gasteiger partial charge < -0.3 is 19.1 Å². The fourth-order valence-electron chi connectivity index (χ4n) is 3.32. The highest BCUT2D eigenvalue weighted by atomic mass is 35.5. The zero-order valence-corrected chi connectivity index (χ0v) is 19.5. The Morgan fingerprint density at radius 3 is 2.62 bits per heavy atom. The van der Waals surface area contributed by atoms with Crippen molar-refractivity contribution in [1.29, 1.82) is 0 Å². The van der Waals surface area contributed by atoms with Crippen LogP contribution in [0.15, 0.2) is 47.4 Å². The summed E-state index contributed by atoms with van der Waals surface area (Å²) >= 11 is 6.15. The van der Waals surface area contributed by atoms with E-state index in [-0.39, 0.29) is 35.4 Å². The fourth-order valence-corrected chi connectivity index (χ4v) is 4.48. The molecule has 1 N–H and O–H groups in total. The third-order valence-corrected chi connectivity index (χ3v) is 6.32. The topological polar surface area (TPSA) is 84.9 Å². The number of amides is 2. The van der Waals surface area contributed by atoms with E-state index in [9.17, 15) is 17.6 Å². The van der Waals surface area contributed by atoms with E-state index in [1.165, 1.54) is 12.1 Å². The average Bonchev–Trinajstić information content (AvgIpc) is 3.22. The molecule has 174 valence electrons. The van der Waals surface area contributed by atoms with Gasteiger partial charge in [-0.2, -0.15) is 8.42 Å². The summed E-state index contributed by atoms with van der Waals surface area (Å²) < 4.78 is 49.6. The summed E-state index contributed by atoms with van der Waals surface area (Å²) in [6, 6.07) is 8.44. The lowest BCUT2D eigenvalue weighted by Crippen LogP contribution is -2.45. The van der Waals surface area contributed by atoms with Gasteiger partial charge in [0.2, 0.25) is 0 Å². The summed E-state index contributed by atoms with van der Waals surface area (Å²) in [5, 5.41) is 3.22. The van der Waals surface area contributed by atoms with E-state index in [4.69, 9.17) is 20.5 Å². The Morgan fingerprint density at radius 2 is 2.00 bits per heavy atom. The van der Waals surface area contributed by atoms with Crippen molar-refractivity contribution in [2.24, 2.45) is 0 Å². The molecule has 7 nitrogen and oxygen atoms in total. The first-order valence-corrected chi connectivity index (χ1v) is 12.1. The first kappa shape index (κ1) is 24.3. The van der Waals surface area contributed by atoms with Crippen molar-refractivity contribution in [2.75, 3.05) is 13.2 Å². The van der Waals surface area contributed by atoms with Gasteiger partial charge in [0.05, 0.1) is 12.6 Å². The summed E-state index contributed by atoms with van der Waals surface area (Å²) in [7, 11) is -4.22. The molecule has 1 atom stereocenters. The minimum Gasteiger partial charge on any atom is -0.379 e. The third kappa shape index (κ3) is 6.57. The number of benzene rings is 2. The highest BCUT2D eigenvalue weighted by Crippen LogP contribution is 2.28. The molecule has 1 aliphatic rings. The Morgan fingerprint density at radius 1 is 1.28 bits per heavy atom. The van der Waals surface area contributed by atoms with Crippen molar-refractivity contribution in [3.63, 3.8) is 0 Å². The molecule has 1 fully saturated rings. The van der Waals surface area contributed by atoms with E-state index in [0.29, 0.717) is 23.7 Å². The first-order chi connectivity index (χ1) is 15.1. The van der Waals surface area contributed by atoms with Crippen LogP contribution in [0.4, 0.5) is 9.18 Å². The second-order valence-corrected chi connectivity index (χ2v) is 9.85. The molecule has 2 amide bonds. The summed E-state index contributed by atoms with van der Waals surface area (Å²) in [5.74, 6) is -0.523. The van der Waals surface area contributed by atoms with Crippen LogP contribution in [0, 0.1) is 5.82 Å². The van der Waals surface area contributed by atoms with Gasteiger partial charge in [-0.15, -0.1) is 0 Å². The molecule has 0 bridgehead atoms. The van der Waals surface area contributed by atoms with Crippen LogP contribution in [-0.2, 0) is 21.4 Å². The molecule has 0 aromatic heterocycles. The summed E-state index contributed by atoms with van der Waals surface area (Å²) in [5.41, 5.74) is 0.417. The number of ether oxygens (including phenoxy) is 1. The van der Waals surface area contributed by atoms with E-state index in [2.05, 4.69) is 5.32 Å². The Bertz CT molecular complexity index is 1040. The Kier molecular flexibility index (Phi) is 7.97. The quantitative estimate of drug-likeness (QED) is 0.563. The normalized spacial score (nSPS) is 16.2. The number of nitrogens with one attached hydrogen (secondary N) is 1. The number of rotatable bonds is 8. The molecule has 32 heavy (non-hydrogen) atoms. The van der Waals surface area contributed by atoms with Gasteiger partial charge in [-0.1, -0.05) is 11.6 Å². The Labute approximate surface area is 192 Å². The number of hydrogen-bond donors (Lipinski definition) is 1. The van der Waals surface area contributed by atoms with Gasteiger partial charge in [0, 0.05) is 29.8 Å². The molecule has 2 aromatic rings. The maximum Gasteiger partial charge on any atom is 0.339 e. The lowest BCUT2D eigenvalue weighted by molar-refractivity contribution is 0.0790. The first-order valence-electron chi connectivity index (χ1n) is 10.3. The predicted octanol–water partition coefficient (Wildman–Crippen LogP) is 4.35. The molecule has 1 unspecified atom stereocenters. The van der Waals surface area contributed by atoms with Gasteiger partial charge >= 0.3 is 16.1 Å². The lowest BCUT2D eigenvalue weighted by atomic mass is 10.1. The number of nitrogens with zero attached hydrogens (tertiary/aromatic N) is 1. The summed E-state index contributed by atoms with van der Waals surface area (Å²) in [6.07, 6.45) is 1.66. The van der Waals surface area contributed by atoms with E-state index >= 15 is 0 Å². The van der Waals surface area contributed by atoms with Gasteiger partial charge in [-0.25, -0.2) is 9.18 Å². The predicted molar refractivity (Wildman–Crippen MR) is 119 cm³/mol. The molecule has 0 radical (unpaired) electrons. The molecule has 0 aliphatic carbocycles. The zero-order valence-electron chi connectivity index (χ0n) is 17.9. The van der Waals surface area contributed by atoms with Crippen molar-refractivity contribution in [3.8, 4) is 5.75 Å². The Balaban J connectivity index is 1.87. The van der Waals surface area contributed by atoms with Crippen molar-refractivity contribution in [2.45, 2.75) is 50.3 Å². The number of halogens is 2. The molecular weight excluding hydrogens is 459 g/mol. The SMILES string of the molecule is CC(C)NC(=O)N(Cc1cc(Cl)ccc1OS(=O)(=O)c1ccc(F)cc1)CC1CCCO1. The lowest BCUT2D eigenvalue weighted by Gasteiger charge is -2.27. The second-order valence-electron chi connectivity index (χ2n) is 7.86. The maximum atomic E-state index is 13.2. The molecule has 1 aliphatic heterocycles. The van der Waals surface area contributed by atoms with Crippen molar-refractivity contribution < 1.29 is 26.5 Å². The van der Waals surface area contributed by atoms with Crippen LogP contribution in [0.1, 0.15) is 32.3 Å². The van der Waals surface area contributed by atoms with Crippen LogP contribution in [0.2, 0.25) is 5.02 Å². The number of hydrogen-bond acceptors (Lipinski definition) is 5. The minimum atomic E-state index is -4.22. The summed E-state index contributed by atoms with van der Waals surface area (Å²) in [6.45, 7) is 4.75. The average molecular weight is 485 g/mol. The molecule has 2 aromatic carbocycles. The van der Waals surface area contributed by atoms with E-state index in [0.717, 1.165) is 37.1 Å². The smallest absolute Gasteiger partial charge is 0.339 e. The standard InChI is InChI=1S/C22H26ClFN2O5S/c1-15(2)25-22(27)26(14-19-4-3-11-30-19)13-16-12-17(23)5-10-21(16)31-32(28,29)20-8-6-18(24)7-9-20/h5-10,12,15,19H,3-4,11,13-14H2,1-2H3,(H,25,27). The minimum absolute atomic E-state index is 0.0356. The number of urea groups is 1. The van der Waals surface area contributed by atoms with Crippen LogP contribution in [0.3, 0.4) is 0 Å². The maximum absolute atomic E-state index is 13.2.